The number of hydrogen-bond donors (Lipinski definition) is 1. The second-order valence-electron chi connectivity index (χ2n) is 5.40. The maximum atomic E-state index is 13.0. The molecule has 5 nitrogen and oxygen atoms in total. The zero-order valence-corrected chi connectivity index (χ0v) is 14.1. The van der Waals surface area contributed by atoms with Crippen LogP contribution in [0.4, 0.5) is 13.2 Å². The molecule has 0 saturated carbocycles. The molecule has 2 rings (SSSR count). The lowest BCUT2D eigenvalue weighted by Crippen LogP contribution is -2.24. The first-order valence-corrected chi connectivity index (χ1v) is 7.61. The summed E-state index contributed by atoms with van der Waals surface area (Å²) < 4.78 is 47.3. The summed E-state index contributed by atoms with van der Waals surface area (Å²) in [5.74, 6) is -0.655. The van der Waals surface area contributed by atoms with Crippen LogP contribution in [0.15, 0.2) is 41.5 Å². The molecule has 0 fully saturated rings. The molecule has 8 heteroatoms. The lowest BCUT2D eigenvalue weighted by Gasteiger charge is -2.11. The minimum Gasteiger partial charge on any atom is -0.484 e. The number of carbonyl (C=O) groups is 1. The van der Waals surface area contributed by atoms with Crippen LogP contribution in [-0.2, 0) is 4.79 Å². The van der Waals surface area contributed by atoms with Gasteiger partial charge in [-0.15, -0.1) is 0 Å². The molecule has 0 aliphatic rings. The smallest absolute Gasteiger partial charge is 0.387 e. The van der Waals surface area contributed by atoms with Gasteiger partial charge in [-0.2, -0.15) is 13.9 Å². The number of alkyl halides is 2. The standard InChI is InChI=1S/C18H17F3N2O3/c1-11-6-13(7-12(2)17(11)26-18(20)21)9-22-23-16(24)10-25-15-5-3-4-14(19)8-15/h3-9,18H,10H2,1-2H3,(H,23,24)/b22-9-. The van der Waals surface area contributed by atoms with E-state index in [1.54, 1.807) is 26.0 Å². The van der Waals surface area contributed by atoms with Crippen LogP contribution in [0, 0.1) is 19.7 Å². The van der Waals surface area contributed by atoms with Gasteiger partial charge in [0.25, 0.3) is 5.91 Å². The molecule has 1 N–H and O–H groups in total. The van der Waals surface area contributed by atoms with Crippen LogP contribution < -0.4 is 14.9 Å². The first-order chi connectivity index (χ1) is 12.3. The van der Waals surface area contributed by atoms with Crippen molar-refractivity contribution < 1.29 is 27.4 Å². The highest BCUT2D eigenvalue weighted by molar-refractivity contribution is 5.83. The fourth-order valence-corrected chi connectivity index (χ4v) is 2.25. The minimum atomic E-state index is -2.90. The number of nitrogens with one attached hydrogen (secondary N) is 1. The Balaban J connectivity index is 1.90. The molecule has 0 bridgehead atoms. The number of aryl methyl sites for hydroxylation is 2. The lowest BCUT2D eigenvalue weighted by molar-refractivity contribution is -0.123. The Bertz CT molecular complexity index is 787. The molecule has 0 unspecified atom stereocenters. The number of hydrogen-bond acceptors (Lipinski definition) is 4. The Labute approximate surface area is 148 Å². The van der Waals surface area contributed by atoms with Gasteiger partial charge in [-0.3, -0.25) is 4.79 Å². The average Bonchev–Trinajstić information content (AvgIpc) is 2.56. The van der Waals surface area contributed by atoms with Crippen LogP contribution in [0.25, 0.3) is 0 Å². The molecule has 0 atom stereocenters. The second-order valence-corrected chi connectivity index (χ2v) is 5.40. The fraction of sp³-hybridized carbons (Fsp3) is 0.222. The van der Waals surface area contributed by atoms with Crippen molar-refractivity contribution >= 4 is 12.1 Å². The van der Waals surface area contributed by atoms with E-state index in [1.165, 1.54) is 24.4 Å². The van der Waals surface area contributed by atoms with Gasteiger partial charge in [0, 0.05) is 6.07 Å². The molecular weight excluding hydrogens is 349 g/mol. The average molecular weight is 366 g/mol. The van der Waals surface area contributed by atoms with Crippen molar-refractivity contribution in [3.8, 4) is 11.5 Å². The van der Waals surface area contributed by atoms with Gasteiger partial charge in [-0.05, 0) is 54.8 Å². The zero-order chi connectivity index (χ0) is 19.1. The monoisotopic (exact) mass is 366 g/mol. The molecule has 138 valence electrons. The molecule has 0 saturated heterocycles. The molecule has 2 aromatic rings. The Kier molecular flexibility index (Phi) is 6.60. The van der Waals surface area contributed by atoms with Crippen molar-refractivity contribution in [3.05, 3.63) is 58.9 Å². The highest BCUT2D eigenvalue weighted by Gasteiger charge is 2.11. The Hall–Kier alpha value is -3.03. The van der Waals surface area contributed by atoms with Crippen molar-refractivity contribution in [2.45, 2.75) is 20.5 Å². The number of rotatable bonds is 7. The largest absolute Gasteiger partial charge is 0.484 e. The van der Waals surface area contributed by atoms with E-state index in [0.29, 0.717) is 16.7 Å². The van der Waals surface area contributed by atoms with E-state index in [2.05, 4.69) is 15.3 Å². The number of nitrogens with zero attached hydrogens (tertiary/aromatic N) is 1. The quantitative estimate of drug-likeness (QED) is 0.602. The van der Waals surface area contributed by atoms with Gasteiger partial charge in [-0.1, -0.05) is 6.07 Å². The van der Waals surface area contributed by atoms with Crippen molar-refractivity contribution in [3.63, 3.8) is 0 Å². The minimum absolute atomic E-state index is 0.115. The Morgan fingerprint density at radius 1 is 1.23 bits per heavy atom. The highest BCUT2D eigenvalue weighted by Crippen LogP contribution is 2.25. The van der Waals surface area contributed by atoms with E-state index in [9.17, 15) is 18.0 Å². The molecule has 1 amide bonds. The van der Waals surface area contributed by atoms with Crippen LogP contribution >= 0.6 is 0 Å². The van der Waals surface area contributed by atoms with E-state index in [1.807, 2.05) is 0 Å². The molecule has 0 heterocycles. The van der Waals surface area contributed by atoms with E-state index >= 15 is 0 Å². The summed E-state index contributed by atoms with van der Waals surface area (Å²) in [4.78, 5) is 11.7. The summed E-state index contributed by atoms with van der Waals surface area (Å²) in [5.41, 5.74) is 3.91. The molecule has 2 aromatic carbocycles. The molecular formula is C18H17F3N2O3. The van der Waals surface area contributed by atoms with Gasteiger partial charge < -0.3 is 9.47 Å². The summed E-state index contributed by atoms with van der Waals surface area (Å²) in [6, 6.07) is 8.61. The second kappa shape index (κ2) is 8.89. The first kappa shape index (κ1) is 19.3. The van der Waals surface area contributed by atoms with Gasteiger partial charge >= 0.3 is 6.61 Å². The van der Waals surface area contributed by atoms with E-state index in [0.717, 1.165) is 6.07 Å². The van der Waals surface area contributed by atoms with Crippen molar-refractivity contribution in [1.29, 1.82) is 0 Å². The lowest BCUT2D eigenvalue weighted by atomic mass is 10.1. The normalized spacial score (nSPS) is 11.0. The van der Waals surface area contributed by atoms with Crippen LogP contribution in [0.5, 0.6) is 11.5 Å². The van der Waals surface area contributed by atoms with Gasteiger partial charge in [0.15, 0.2) is 6.61 Å². The number of amides is 1. The summed E-state index contributed by atoms with van der Waals surface area (Å²) in [5, 5.41) is 3.78. The molecule has 0 aliphatic heterocycles. The summed E-state index contributed by atoms with van der Waals surface area (Å²) in [6.07, 6.45) is 1.37. The SMILES string of the molecule is Cc1cc(/C=N\NC(=O)COc2cccc(F)c2)cc(C)c1OC(F)F. The number of ether oxygens (including phenoxy) is 2. The van der Waals surface area contributed by atoms with E-state index in [4.69, 9.17) is 4.74 Å². The predicted octanol–water partition coefficient (Wildman–Crippen LogP) is 3.57. The van der Waals surface area contributed by atoms with Crippen molar-refractivity contribution in [1.82, 2.24) is 5.43 Å². The fourth-order valence-electron chi connectivity index (χ4n) is 2.25. The summed E-state index contributed by atoms with van der Waals surface area (Å²) in [6.45, 7) is 0.0327. The van der Waals surface area contributed by atoms with Crippen LogP contribution in [0.1, 0.15) is 16.7 Å². The number of carbonyl (C=O) groups excluding carboxylic acids is 1. The van der Waals surface area contributed by atoms with Gasteiger partial charge in [0.2, 0.25) is 0 Å². The molecule has 26 heavy (non-hydrogen) atoms. The van der Waals surface area contributed by atoms with Crippen LogP contribution in [0.3, 0.4) is 0 Å². The third-order valence-electron chi connectivity index (χ3n) is 3.26. The molecule has 0 spiro atoms. The highest BCUT2D eigenvalue weighted by atomic mass is 19.3. The summed E-state index contributed by atoms with van der Waals surface area (Å²) >= 11 is 0. The Morgan fingerprint density at radius 2 is 1.92 bits per heavy atom. The van der Waals surface area contributed by atoms with E-state index in [-0.39, 0.29) is 18.1 Å². The maximum absolute atomic E-state index is 13.0. The Morgan fingerprint density at radius 3 is 2.54 bits per heavy atom. The van der Waals surface area contributed by atoms with Crippen LogP contribution in [0.2, 0.25) is 0 Å². The first-order valence-electron chi connectivity index (χ1n) is 7.61. The number of benzene rings is 2. The summed E-state index contributed by atoms with van der Waals surface area (Å²) in [7, 11) is 0. The van der Waals surface area contributed by atoms with Gasteiger partial charge in [-0.25, -0.2) is 9.82 Å². The van der Waals surface area contributed by atoms with Crippen molar-refractivity contribution in [2.75, 3.05) is 6.61 Å². The predicted molar refractivity (Wildman–Crippen MR) is 90.2 cm³/mol. The van der Waals surface area contributed by atoms with Crippen molar-refractivity contribution in [2.24, 2.45) is 5.10 Å². The molecule has 0 aliphatic carbocycles. The molecule has 0 radical (unpaired) electrons. The maximum Gasteiger partial charge on any atom is 0.387 e. The number of halogens is 3. The third kappa shape index (κ3) is 5.80. The topological polar surface area (TPSA) is 59.9 Å². The van der Waals surface area contributed by atoms with Gasteiger partial charge in [0.05, 0.1) is 6.21 Å². The molecule has 0 aromatic heterocycles. The number of hydrazone groups is 1. The van der Waals surface area contributed by atoms with Crippen LogP contribution in [-0.4, -0.2) is 25.3 Å². The van der Waals surface area contributed by atoms with E-state index < -0.39 is 18.3 Å². The van der Waals surface area contributed by atoms with Gasteiger partial charge in [0.1, 0.15) is 17.3 Å². The zero-order valence-electron chi connectivity index (χ0n) is 14.1. The third-order valence-corrected chi connectivity index (χ3v) is 3.26.